The van der Waals surface area contributed by atoms with Crippen molar-refractivity contribution in [2.45, 2.75) is 65.5 Å². The largest absolute Gasteiger partial charge is 0.454 e. The molecule has 0 amide bonds. The van der Waals surface area contributed by atoms with Gasteiger partial charge in [-0.25, -0.2) is 4.79 Å². The number of rotatable bonds is 2. The van der Waals surface area contributed by atoms with Crippen molar-refractivity contribution in [3.8, 4) is 0 Å². The van der Waals surface area contributed by atoms with Crippen molar-refractivity contribution >= 4 is 11.7 Å². The van der Waals surface area contributed by atoms with Gasteiger partial charge in [-0.2, -0.15) is 0 Å². The van der Waals surface area contributed by atoms with E-state index in [1.54, 1.807) is 0 Å². The van der Waals surface area contributed by atoms with Gasteiger partial charge in [-0.3, -0.25) is 4.99 Å². The predicted molar refractivity (Wildman–Crippen MR) is 70.6 cm³/mol. The van der Waals surface area contributed by atoms with Gasteiger partial charge in [0.05, 0.1) is 5.71 Å². The maximum absolute atomic E-state index is 12.0. The van der Waals surface area contributed by atoms with Crippen LogP contribution in [0.2, 0.25) is 0 Å². The average Bonchev–Trinajstić information content (AvgIpc) is 2.61. The van der Waals surface area contributed by atoms with Gasteiger partial charge in [-0.15, -0.1) is 0 Å². The summed E-state index contributed by atoms with van der Waals surface area (Å²) in [6.45, 7) is 9.03. The van der Waals surface area contributed by atoms with Crippen molar-refractivity contribution in [3.63, 3.8) is 0 Å². The normalized spacial score (nSPS) is 44.6. The van der Waals surface area contributed by atoms with E-state index in [1.165, 1.54) is 18.6 Å². The van der Waals surface area contributed by atoms with Crippen LogP contribution in [0.4, 0.5) is 0 Å². The van der Waals surface area contributed by atoms with Crippen molar-refractivity contribution in [2.75, 3.05) is 0 Å². The molecule has 100 valence electrons. The number of aliphatic imine (C=N–C) groups is 1. The molecule has 0 radical (unpaired) electrons. The second-order valence-electron chi connectivity index (χ2n) is 6.88. The molecule has 3 nitrogen and oxygen atoms in total. The SMILES string of the molecule is CCC[C@@H]1N=C2[C@H](OC1=O)[C@H]1CC[C@]2(C)C1(C)C. The van der Waals surface area contributed by atoms with Crippen LogP contribution in [-0.4, -0.2) is 23.8 Å². The van der Waals surface area contributed by atoms with E-state index in [2.05, 4.69) is 27.7 Å². The van der Waals surface area contributed by atoms with Crippen LogP contribution in [0.25, 0.3) is 0 Å². The number of fused-ring (bicyclic) bond motifs is 5. The Morgan fingerprint density at radius 1 is 1.39 bits per heavy atom. The van der Waals surface area contributed by atoms with Crippen LogP contribution in [0.3, 0.4) is 0 Å². The van der Waals surface area contributed by atoms with Gasteiger partial charge in [-0.1, -0.05) is 34.1 Å². The summed E-state index contributed by atoms with van der Waals surface area (Å²) < 4.78 is 5.74. The van der Waals surface area contributed by atoms with E-state index < -0.39 is 0 Å². The number of carbonyl (C=O) groups is 1. The number of ether oxygens (including phenoxy) is 1. The molecule has 2 bridgehead atoms. The number of carbonyl (C=O) groups excluding carboxylic acids is 1. The summed E-state index contributed by atoms with van der Waals surface area (Å²) in [5, 5.41) is 0. The van der Waals surface area contributed by atoms with Crippen LogP contribution in [0.1, 0.15) is 53.4 Å². The maximum Gasteiger partial charge on any atom is 0.331 e. The molecular weight excluding hydrogens is 226 g/mol. The summed E-state index contributed by atoms with van der Waals surface area (Å²) in [4.78, 5) is 16.8. The minimum absolute atomic E-state index is 0.0284. The molecule has 0 saturated heterocycles. The summed E-state index contributed by atoms with van der Waals surface area (Å²) in [6, 6.07) is -0.242. The Hall–Kier alpha value is -0.860. The first-order chi connectivity index (χ1) is 8.41. The van der Waals surface area contributed by atoms with Crippen LogP contribution in [0.15, 0.2) is 4.99 Å². The molecule has 0 aromatic heterocycles. The Morgan fingerprint density at radius 2 is 2.11 bits per heavy atom. The third-order valence-electron chi connectivity index (χ3n) is 5.88. The van der Waals surface area contributed by atoms with Gasteiger partial charge >= 0.3 is 5.97 Å². The minimum atomic E-state index is -0.242. The van der Waals surface area contributed by atoms with Crippen molar-refractivity contribution in [3.05, 3.63) is 0 Å². The van der Waals surface area contributed by atoms with E-state index in [4.69, 9.17) is 9.73 Å². The van der Waals surface area contributed by atoms with E-state index in [0.29, 0.717) is 5.92 Å². The van der Waals surface area contributed by atoms with Crippen LogP contribution in [0.5, 0.6) is 0 Å². The lowest BCUT2D eigenvalue weighted by atomic mass is 9.70. The van der Waals surface area contributed by atoms with Gasteiger partial charge in [0.1, 0.15) is 12.1 Å². The Kier molecular flexibility index (Phi) is 2.43. The van der Waals surface area contributed by atoms with Gasteiger partial charge in [-0.05, 0) is 24.7 Å². The van der Waals surface area contributed by atoms with Gasteiger partial charge in [0.25, 0.3) is 0 Å². The van der Waals surface area contributed by atoms with E-state index in [-0.39, 0.29) is 28.9 Å². The molecular formula is C15H23NO2. The molecule has 0 aromatic rings. The molecule has 3 rings (SSSR count). The smallest absolute Gasteiger partial charge is 0.331 e. The number of esters is 1. The summed E-state index contributed by atoms with van der Waals surface area (Å²) in [7, 11) is 0. The molecule has 0 spiro atoms. The van der Waals surface area contributed by atoms with Gasteiger partial charge in [0.15, 0.2) is 0 Å². The summed E-state index contributed by atoms with van der Waals surface area (Å²) in [5.74, 6) is 0.366. The number of hydrogen-bond donors (Lipinski definition) is 0. The monoisotopic (exact) mass is 249 g/mol. The highest BCUT2D eigenvalue weighted by Gasteiger charge is 2.67. The quantitative estimate of drug-likeness (QED) is 0.706. The summed E-state index contributed by atoms with van der Waals surface area (Å²) in [6.07, 6.45) is 4.12. The van der Waals surface area contributed by atoms with Gasteiger partial charge in [0, 0.05) is 11.3 Å². The van der Waals surface area contributed by atoms with E-state index in [1.807, 2.05) is 0 Å². The van der Waals surface area contributed by atoms with Crippen LogP contribution in [0, 0.1) is 16.7 Å². The second kappa shape index (κ2) is 3.58. The molecule has 4 atom stereocenters. The molecule has 2 fully saturated rings. The second-order valence-corrected chi connectivity index (χ2v) is 6.88. The molecule has 0 aromatic carbocycles. The van der Waals surface area contributed by atoms with Gasteiger partial charge < -0.3 is 4.74 Å². The molecule has 2 aliphatic carbocycles. The highest BCUT2D eigenvalue weighted by atomic mass is 16.5. The standard InChI is InChI=1S/C15H23NO2/c1-5-6-10-13(17)18-11-9-7-8-15(4,12(11)16-10)14(9,2)3/h9-11H,5-8H2,1-4H3/t9-,10+,11-,15+/m1/s1. The van der Waals surface area contributed by atoms with Crippen LogP contribution < -0.4 is 0 Å². The zero-order chi connectivity index (χ0) is 13.1. The lowest BCUT2D eigenvalue weighted by molar-refractivity contribution is -0.151. The third-order valence-corrected chi connectivity index (χ3v) is 5.88. The van der Waals surface area contributed by atoms with Gasteiger partial charge in [0.2, 0.25) is 0 Å². The molecule has 0 N–H and O–H groups in total. The molecule has 0 unspecified atom stereocenters. The Bertz CT molecular complexity index is 426. The highest BCUT2D eigenvalue weighted by Crippen LogP contribution is 2.65. The topological polar surface area (TPSA) is 38.7 Å². The zero-order valence-corrected chi connectivity index (χ0v) is 11.8. The number of nitrogens with zero attached hydrogens (tertiary/aromatic N) is 1. The lowest BCUT2D eigenvalue weighted by Crippen LogP contribution is -2.44. The van der Waals surface area contributed by atoms with Crippen molar-refractivity contribution in [2.24, 2.45) is 21.7 Å². The molecule has 18 heavy (non-hydrogen) atoms. The average molecular weight is 249 g/mol. The molecule has 1 aliphatic heterocycles. The van der Waals surface area contributed by atoms with Crippen LogP contribution in [-0.2, 0) is 9.53 Å². The Balaban J connectivity index is 2.02. The number of hydrogen-bond acceptors (Lipinski definition) is 3. The zero-order valence-electron chi connectivity index (χ0n) is 11.8. The van der Waals surface area contributed by atoms with E-state index in [9.17, 15) is 4.79 Å². The molecule has 1 heterocycles. The highest BCUT2D eigenvalue weighted by molar-refractivity contribution is 6.02. The molecule has 2 saturated carbocycles. The summed E-state index contributed by atoms with van der Waals surface area (Å²) in [5.41, 5.74) is 1.52. The first-order valence-corrected chi connectivity index (χ1v) is 7.20. The fraction of sp³-hybridized carbons (Fsp3) is 0.867. The Morgan fingerprint density at radius 3 is 2.78 bits per heavy atom. The minimum Gasteiger partial charge on any atom is -0.454 e. The van der Waals surface area contributed by atoms with E-state index >= 15 is 0 Å². The first-order valence-electron chi connectivity index (χ1n) is 7.20. The fourth-order valence-electron chi connectivity index (χ4n) is 4.26. The van der Waals surface area contributed by atoms with E-state index in [0.717, 1.165) is 12.8 Å². The first kappa shape index (κ1) is 12.2. The lowest BCUT2D eigenvalue weighted by Gasteiger charge is -2.36. The fourth-order valence-corrected chi connectivity index (χ4v) is 4.26. The summed E-state index contributed by atoms with van der Waals surface area (Å²) >= 11 is 0. The molecule has 3 heteroatoms. The third kappa shape index (κ3) is 1.25. The Labute approximate surface area is 109 Å². The van der Waals surface area contributed by atoms with Crippen molar-refractivity contribution in [1.82, 2.24) is 0 Å². The van der Waals surface area contributed by atoms with Crippen molar-refractivity contribution < 1.29 is 9.53 Å². The maximum atomic E-state index is 12.0. The van der Waals surface area contributed by atoms with Crippen molar-refractivity contribution in [1.29, 1.82) is 0 Å². The predicted octanol–water partition coefficient (Wildman–Crippen LogP) is 2.98. The van der Waals surface area contributed by atoms with Crippen LogP contribution >= 0.6 is 0 Å². The molecule has 3 aliphatic rings.